The van der Waals surface area contributed by atoms with E-state index in [2.05, 4.69) is 10.3 Å². The van der Waals surface area contributed by atoms with Crippen molar-refractivity contribution in [3.8, 4) is 0 Å². The molecule has 114 valence electrons. The van der Waals surface area contributed by atoms with Crippen LogP contribution < -0.4 is 11.1 Å². The summed E-state index contributed by atoms with van der Waals surface area (Å²) in [6.45, 7) is 5.50. The summed E-state index contributed by atoms with van der Waals surface area (Å²) >= 11 is 0. The normalized spacial score (nSPS) is 13.2. The highest BCUT2D eigenvalue weighted by Gasteiger charge is 2.19. The highest BCUT2D eigenvalue weighted by molar-refractivity contribution is 5.84. The molecule has 0 aliphatic carbocycles. The monoisotopic (exact) mass is 293 g/mol. The van der Waals surface area contributed by atoms with Gasteiger partial charge in [-0.3, -0.25) is 0 Å². The van der Waals surface area contributed by atoms with E-state index in [1.807, 2.05) is 0 Å². The van der Waals surface area contributed by atoms with E-state index in [0.29, 0.717) is 16.5 Å². The number of nitrogens with two attached hydrogens (primary N) is 1. The molecule has 1 unspecified atom stereocenters. The summed E-state index contributed by atoms with van der Waals surface area (Å²) in [7, 11) is 0. The molecular formula is C15H20FN3O2. The topological polar surface area (TPSA) is 80.1 Å². The lowest BCUT2D eigenvalue weighted by Gasteiger charge is -2.20. The van der Waals surface area contributed by atoms with E-state index < -0.39 is 17.7 Å². The van der Waals surface area contributed by atoms with Crippen LogP contribution in [0.3, 0.4) is 0 Å². The fourth-order valence-electron chi connectivity index (χ4n) is 2.08. The third kappa shape index (κ3) is 3.72. The first-order chi connectivity index (χ1) is 9.78. The van der Waals surface area contributed by atoms with Gasteiger partial charge in [-0.2, -0.15) is 0 Å². The summed E-state index contributed by atoms with van der Waals surface area (Å²) in [4.78, 5) is 14.6. The van der Waals surface area contributed by atoms with Gasteiger partial charge in [0, 0.05) is 29.7 Å². The quantitative estimate of drug-likeness (QED) is 0.814. The zero-order chi connectivity index (χ0) is 15.6. The third-order valence-corrected chi connectivity index (χ3v) is 2.95. The maximum absolute atomic E-state index is 13.9. The maximum Gasteiger partial charge on any atom is 0.407 e. The lowest BCUT2D eigenvalue weighted by molar-refractivity contribution is 0.0524. The van der Waals surface area contributed by atoms with E-state index in [9.17, 15) is 9.18 Å². The van der Waals surface area contributed by atoms with Crippen LogP contribution in [0.25, 0.3) is 10.9 Å². The molecule has 4 N–H and O–H groups in total. The summed E-state index contributed by atoms with van der Waals surface area (Å²) in [5, 5.41) is 3.04. The van der Waals surface area contributed by atoms with Crippen molar-refractivity contribution in [2.24, 2.45) is 5.73 Å². The summed E-state index contributed by atoms with van der Waals surface area (Å²) in [6, 6.07) is 4.26. The van der Waals surface area contributed by atoms with E-state index in [4.69, 9.17) is 10.5 Å². The SMILES string of the molecule is CC(C)(C)OC(=O)NCC(N)c1c[nH]c2cccc(F)c12. The van der Waals surface area contributed by atoms with Gasteiger partial charge in [0.2, 0.25) is 0 Å². The lowest BCUT2D eigenvalue weighted by Crippen LogP contribution is -2.36. The molecule has 0 saturated carbocycles. The number of ether oxygens (including phenoxy) is 1. The van der Waals surface area contributed by atoms with Gasteiger partial charge in [0.25, 0.3) is 0 Å². The highest BCUT2D eigenvalue weighted by Crippen LogP contribution is 2.25. The number of halogens is 1. The molecule has 1 aromatic heterocycles. The number of rotatable bonds is 3. The van der Waals surface area contributed by atoms with Gasteiger partial charge >= 0.3 is 6.09 Å². The second-order valence-electron chi connectivity index (χ2n) is 5.90. The molecule has 5 nitrogen and oxygen atoms in total. The number of alkyl carbamates (subject to hydrolysis) is 1. The number of hydrogen-bond donors (Lipinski definition) is 3. The van der Waals surface area contributed by atoms with Crippen molar-refractivity contribution in [3.63, 3.8) is 0 Å². The van der Waals surface area contributed by atoms with Crippen molar-refractivity contribution < 1.29 is 13.9 Å². The van der Waals surface area contributed by atoms with Gasteiger partial charge in [-0.25, -0.2) is 9.18 Å². The van der Waals surface area contributed by atoms with Gasteiger partial charge in [0.1, 0.15) is 11.4 Å². The van der Waals surface area contributed by atoms with Crippen molar-refractivity contribution in [2.75, 3.05) is 6.54 Å². The molecule has 0 fully saturated rings. The van der Waals surface area contributed by atoms with Crippen molar-refractivity contribution in [1.29, 1.82) is 0 Å². The highest BCUT2D eigenvalue weighted by atomic mass is 19.1. The van der Waals surface area contributed by atoms with Crippen LogP contribution in [-0.4, -0.2) is 23.2 Å². The van der Waals surface area contributed by atoms with Crippen molar-refractivity contribution in [3.05, 3.63) is 35.8 Å². The van der Waals surface area contributed by atoms with Crippen molar-refractivity contribution >= 4 is 17.0 Å². The fourth-order valence-corrected chi connectivity index (χ4v) is 2.08. The van der Waals surface area contributed by atoms with Gasteiger partial charge in [0.15, 0.2) is 0 Å². The minimum absolute atomic E-state index is 0.163. The first-order valence-electron chi connectivity index (χ1n) is 6.76. The zero-order valence-corrected chi connectivity index (χ0v) is 12.4. The lowest BCUT2D eigenvalue weighted by atomic mass is 10.1. The van der Waals surface area contributed by atoms with Gasteiger partial charge in [0.05, 0.1) is 0 Å². The average molecular weight is 293 g/mol. The number of H-pyrrole nitrogens is 1. The molecule has 1 amide bonds. The molecule has 1 heterocycles. The number of aromatic nitrogens is 1. The van der Waals surface area contributed by atoms with Crippen LogP contribution >= 0.6 is 0 Å². The van der Waals surface area contributed by atoms with Gasteiger partial charge in [-0.15, -0.1) is 0 Å². The first-order valence-corrected chi connectivity index (χ1v) is 6.76. The molecule has 0 radical (unpaired) electrons. The fraction of sp³-hybridized carbons (Fsp3) is 0.400. The molecule has 0 spiro atoms. The van der Waals surface area contributed by atoms with Gasteiger partial charge < -0.3 is 20.8 Å². The molecule has 0 aliphatic rings. The predicted molar refractivity (Wildman–Crippen MR) is 79.4 cm³/mol. The molecule has 21 heavy (non-hydrogen) atoms. The zero-order valence-electron chi connectivity index (χ0n) is 12.4. The van der Waals surface area contributed by atoms with Crippen LogP contribution in [0, 0.1) is 5.82 Å². The van der Waals surface area contributed by atoms with Crippen molar-refractivity contribution in [1.82, 2.24) is 10.3 Å². The number of carbonyl (C=O) groups excluding carboxylic acids is 1. The van der Waals surface area contributed by atoms with Crippen LogP contribution in [0.1, 0.15) is 32.4 Å². The summed E-state index contributed by atoms with van der Waals surface area (Å²) in [5.74, 6) is -0.337. The molecule has 6 heteroatoms. The van der Waals surface area contributed by atoms with Crippen LogP contribution in [0.2, 0.25) is 0 Å². The number of fused-ring (bicyclic) bond motifs is 1. The molecule has 0 saturated heterocycles. The van der Waals surface area contributed by atoms with Crippen molar-refractivity contribution in [2.45, 2.75) is 32.4 Å². The number of benzene rings is 1. The Labute approximate surface area is 122 Å². The molecule has 1 atom stereocenters. The Morgan fingerprint density at radius 3 is 2.86 bits per heavy atom. The van der Waals surface area contributed by atoms with E-state index in [1.165, 1.54) is 6.07 Å². The standard InChI is InChI=1S/C15H20FN3O2/c1-15(2,3)21-14(20)19-8-11(17)9-7-18-12-6-4-5-10(16)13(9)12/h4-7,11,18H,8,17H2,1-3H3,(H,19,20). The average Bonchev–Trinajstić information content (AvgIpc) is 2.79. The number of nitrogens with one attached hydrogen (secondary N) is 2. The summed E-state index contributed by atoms with van der Waals surface area (Å²) < 4.78 is 19.0. The molecule has 1 aromatic carbocycles. The number of aromatic amines is 1. The number of carbonyl (C=O) groups is 1. The van der Waals surface area contributed by atoms with E-state index >= 15 is 0 Å². The largest absolute Gasteiger partial charge is 0.444 e. The minimum atomic E-state index is -0.568. The van der Waals surface area contributed by atoms with Crippen LogP contribution in [-0.2, 0) is 4.74 Å². The summed E-state index contributed by atoms with van der Waals surface area (Å²) in [6.07, 6.45) is 1.12. The Hall–Kier alpha value is -2.08. The molecule has 0 aliphatic heterocycles. The second kappa shape index (κ2) is 5.73. The van der Waals surface area contributed by atoms with E-state index in [0.717, 1.165) is 0 Å². The van der Waals surface area contributed by atoms with E-state index in [1.54, 1.807) is 39.1 Å². The van der Waals surface area contributed by atoms with Gasteiger partial charge in [-0.1, -0.05) is 6.07 Å². The molecular weight excluding hydrogens is 273 g/mol. The van der Waals surface area contributed by atoms with Gasteiger partial charge in [-0.05, 0) is 38.5 Å². The van der Waals surface area contributed by atoms with Crippen LogP contribution in [0.5, 0.6) is 0 Å². The van der Waals surface area contributed by atoms with E-state index in [-0.39, 0.29) is 12.4 Å². The maximum atomic E-state index is 13.9. The Balaban J connectivity index is 2.06. The Kier molecular flexibility index (Phi) is 4.18. The van der Waals surface area contributed by atoms with Crippen LogP contribution in [0.15, 0.2) is 24.4 Å². The summed E-state index contributed by atoms with van der Waals surface area (Å²) in [5.41, 5.74) is 6.76. The Morgan fingerprint density at radius 1 is 1.48 bits per heavy atom. The Morgan fingerprint density at radius 2 is 2.19 bits per heavy atom. The molecule has 0 bridgehead atoms. The second-order valence-corrected chi connectivity index (χ2v) is 5.90. The number of hydrogen-bond acceptors (Lipinski definition) is 3. The Bertz CT molecular complexity index is 646. The smallest absolute Gasteiger partial charge is 0.407 e. The minimum Gasteiger partial charge on any atom is -0.444 e. The third-order valence-electron chi connectivity index (χ3n) is 2.95. The number of amides is 1. The molecule has 2 rings (SSSR count). The predicted octanol–water partition coefficient (Wildman–Crippen LogP) is 2.83. The first kappa shape index (κ1) is 15.3. The molecule has 2 aromatic rings. The van der Waals surface area contributed by atoms with Crippen LogP contribution in [0.4, 0.5) is 9.18 Å².